The summed E-state index contributed by atoms with van der Waals surface area (Å²) in [7, 11) is 1.62. The molecule has 0 amide bonds. The van der Waals surface area contributed by atoms with Crippen molar-refractivity contribution >= 4 is 5.97 Å². The van der Waals surface area contributed by atoms with Gasteiger partial charge in [-0.15, -0.1) is 0 Å². The lowest BCUT2D eigenvalue weighted by molar-refractivity contribution is -0.140. The molecule has 1 aromatic heterocycles. The van der Waals surface area contributed by atoms with Crippen LogP contribution in [0.4, 0.5) is 0 Å². The van der Waals surface area contributed by atoms with Crippen molar-refractivity contribution in [1.82, 2.24) is 14.9 Å². The number of para-hydroxylation sites is 1. The molecule has 0 spiro atoms. The monoisotopic (exact) mass is 343 g/mol. The van der Waals surface area contributed by atoms with Crippen molar-refractivity contribution in [2.45, 2.75) is 19.0 Å². The predicted molar refractivity (Wildman–Crippen MR) is 91.3 cm³/mol. The number of nitrogens with zero attached hydrogens (tertiary/aromatic N) is 3. The second kappa shape index (κ2) is 8.04. The van der Waals surface area contributed by atoms with Gasteiger partial charge in [-0.3, -0.25) is 9.69 Å². The highest BCUT2D eigenvalue weighted by atomic mass is 16.5. The highest BCUT2D eigenvalue weighted by Crippen LogP contribution is 2.26. The van der Waals surface area contributed by atoms with Crippen molar-refractivity contribution in [2.75, 3.05) is 26.9 Å². The average Bonchev–Trinajstić information content (AvgIpc) is 2.63. The van der Waals surface area contributed by atoms with Crippen LogP contribution in [0.1, 0.15) is 12.0 Å². The first-order valence-electron chi connectivity index (χ1n) is 8.15. The predicted octanol–water partition coefficient (Wildman–Crippen LogP) is 1.83. The Hall–Kier alpha value is -2.51. The number of benzene rings is 1. The maximum absolute atomic E-state index is 11.0. The van der Waals surface area contributed by atoms with E-state index in [-0.39, 0.29) is 12.5 Å². The molecule has 1 aliphatic rings. The van der Waals surface area contributed by atoms with Gasteiger partial charge in [-0.05, 0) is 12.1 Å². The maximum Gasteiger partial charge on any atom is 0.305 e. The Morgan fingerprint density at radius 1 is 1.36 bits per heavy atom. The van der Waals surface area contributed by atoms with Gasteiger partial charge in [0.1, 0.15) is 5.75 Å². The number of hydrogen-bond donors (Lipinski definition) is 1. The lowest BCUT2D eigenvalue weighted by Crippen LogP contribution is -2.45. The van der Waals surface area contributed by atoms with Crippen molar-refractivity contribution in [3.05, 3.63) is 42.2 Å². The van der Waals surface area contributed by atoms with Crippen LogP contribution in [-0.4, -0.2) is 58.9 Å². The van der Waals surface area contributed by atoms with E-state index in [2.05, 4.69) is 14.9 Å². The van der Waals surface area contributed by atoms with Crippen LogP contribution < -0.4 is 4.74 Å². The number of hydrogen-bond acceptors (Lipinski definition) is 6. The largest absolute Gasteiger partial charge is 0.496 e. The van der Waals surface area contributed by atoms with Crippen LogP contribution in [-0.2, 0) is 16.1 Å². The van der Waals surface area contributed by atoms with Crippen LogP contribution in [0, 0.1) is 0 Å². The molecule has 25 heavy (non-hydrogen) atoms. The molecular weight excluding hydrogens is 322 g/mol. The summed E-state index contributed by atoms with van der Waals surface area (Å²) in [6.45, 7) is 2.35. The van der Waals surface area contributed by atoms with E-state index < -0.39 is 5.97 Å². The summed E-state index contributed by atoms with van der Waals surface area (Å²) in [6.07, 6.45) is 3.63. The first-order chi connectivity index (χ1) is 12.2. The van der Waals surface area contributed by atoms with Crippen molar-refractivity contribution < 1.29 is 19.4 Å². The van der Waals surface area contributed by atoms with Crippen LogP contribution in [0.3, 0.4) is 0 Å². The Kier molecular flexibility index (Phi) is 5.57. The van der Waals surface area contributed by atoms with Gasteiger partial charge in [0.25, 0.3) is 0 Å². The molecule has 1 saturated heterocycles. The fourth-order valence-electron chi connectivity index (χ4n) is 2.93. The van der Waals surface area contributed by atoms with Gasteiger partial charge in [-0.25, -0.2) is 9.97 Å². The quantitative estimate of drug-likeness (QED) is 0.856. The van der Waals surface area contributed by atoms with Gasteiger partial charge >= 0.3 is 5.97 Å². The third-order valence-corrected chi connectivity index (χ3v) is 4.20. The zero-order valence-electron chi connectivity index (χ0n) is 14.1. The zero-order chi connectivity index (χ0) is 17.6. The molecule has 2 heterocycles. The molecule has 0 radical (unpaired) electrons. The second-order valence-electron chi connectivity index (χ2n) is 5.91. The molecule has 2 aromatic rings. The van der Waals surface area contributed by atoms with E-state index in [1.54, 1.807) is 19.5 Å². The SMILES string of the molecule is COc1ccccc1-c1ncc(CN2CCOCC2CC(=O)O)cn1. The number of carbonyl (C=O) groups is 1. The summed E-state index contributed by atoms with van der Waals surface area (Å²) in [6, 6.07) is 7.48. The third-order valence-electron chi connectivity index (χ3n) is 4.20. The number of ether oxygens (including phenoxy) is 2. The Morgan fingerprint density at radius 3 is 2.84 bits per heavy atom. The third kappa shape index (κ3) is 4.32. The average molecular weight is 343 g/mol. The summed E-state index contributed by atoms with van der Waals surface area (Å²) >= 11 is 0. The summed E-state index contributed by atoms with van der Waals surface area (Å²) in [5.74, 6) is 0.512. The molecule has 7 heteroatoms. The number of aliphatic carboxylic acids is 1. The summed E-state index contributed by atoms with van der Waals surface area (Å²) < 4.78 is 10.7. The van der Waals surface area contributed by atoms with E-state index in [0.717, 1.165) is 16.9 Å². The molecular formula is C18H21N3O4. The van der Waals surface area contributed by atoms with Gasteiger partial charge in [0.05, 0.1) is 32.3 Å². The minimum atomic E-state index is -0.816. The maximum atomic E-state index is 11.0. The van der Waals surface area contributed by atoms with Crippen LogP contribution in [0.5, 0.6) is 5.75 Å². The number of rotatable bonds is 6. The Balaban J connectivity index is 1.72. The van der Waals surface area contributed by atoms with Crippen molar-refractivity contribution in [2.24, 2.45) is 0 Å². The van der Waals surface area contributed by atoms with E-state index in [4.69, 9.17) is 14.6 Å². The molecule has 1 aromatic carbocycles. The number of aromatic nitrogens is 2. The van der Waals surface area contributed by atoms with E-state index >= 15 is 0 Å². The minimum Gasteiger partial charge on any atom is -0.496 e. The summed E-state index contributed by atoms with van der Waals surface area (Å²) in [5.41, 5.74) is 1.78. The molecule has 1 unspecified atom stereocenters. The van der Waals surface area contributed by atoms with Crippen molar-refractivity contribution in [3.63, 3.8) is 0 Å². The van der Waals surface area contributed by atoms with E-state index in [0.29, 0.717) is 32.1 Å². The number of morpholine rings is 1. The minimum absolute atomic E-state index is 0.0696. The summed E-state index contributed by atoms with van der Waals surface area (Å²) in [4.78, 5) is 22.0. The van der Waals surface area contributed by atoms with Gasteiger partial charge in [-0.1, -0.05) is 12.1 Å². The lowest BCUT2D eigenvalue weighted by atomic mass is 10.1. The molecule has 0 saturated carbocycles. The Labute approximate surface area is 146 Å². The molecule has 1 fully saturated rings. The molecule has 0 bridgehead atoms. The zero-order valence-corrected chi connectivity index (χ0v) is 14.1. The van der Waals surface area contributed by atoms with Crippen molar-refractivity contribution in [1.29, 1.82) is 0 Å². The molecule has 1 atom stereocenters. The Bertz CT molecular complexity index is 721. The van der Waals surface area contributed by atoms with Crippen LogP contribution in [0.15, 0.2) is 36.7 Å². The molecule has 3 rings (SSSR count). The summed E-state index contributed by atoms with van der Waals surface area (Å²) in [5, 5.41) is 9.04. The molecule has 1 N–H and O–H groups in total. The first kappa shape index (κ1) is 17.3. The van der Waals surface area contributed by atoms with Crippen LogP contribution in [0.25, 0.3) is 11.4 Å². The topological polar surface area (TPSA) is 84.8 Å². The molecule has 1 aliphatic heterocycles. The van der Waals surface area contributed by atoms with Crippen molar-refractivity contribution in [3.8, 4) is 17.1 Å². The lowest BCUT2D eigenvalue weighted by Gasteiger charge is -2.34. The normalized spacial score (nSPS) is 18.0. The molecule has 7 nitrogen and oxygen atoms in total. The fraction of sp³-hybridized carbons (Fsp3) is 0.389. The fourth-order valence-corrected chi connectivity index (χ4v) is 2.93. The van der Waals surface area contributed by atoms with Gasteiger partial charge < -0.3 is 14.6 Å². The number of methoxy groups -OCH3 is 1. The van der Waals surface area contributed by atoms with Gasteiger partial charge in [0.15, 0.2) is 5.82 Å². The van der Waals surface area contributed by atoms with E-state index in [9.17, 15) is 4.79 Å². The highest BCUT2D eigenvalue weighted by Gasteiger charge is 2.25. The van der Waals surface area contributed by atoms with E-state index in [1.165, 1.54) is 0 Å². The van der Waals surface area contributed by atoms with Crippen LogP contribution in [0.2, 0.25) is 0 Å². The second-order valence-corrected chi connectivity index (χ2v) is 5.91. The molecule has 132 valence electrons. The van der Waals surface area contributed by atoms with Gasteiger partial charge in [0, 0.05) is 37.1 Å². The van der Waals surface area contributed by atoms with Gasteiger partial charge in [-0.2, -0.15) is 0 Å². The van der Waals surface area contributed by atoms with Crippen LogP contribution >= 0.6 is 0 Å². The van der Waals surface area contributed by atoms with Gasteiger partial charge in [0.2, 0.25) is 0 Å². The Morgan fingerprint density at radius 2 is 2.12 bits per heavy atom. The van der Waals surface area contributed by atoms with E-state index in [1.807, 2.05) is 24.3 Å². The number of carboxylic acids is 1. The standard InChI is InChI=1S/C18H21N3O4/c1-24-16-5-3-2-4-15(16)18-19-9-13(10-20-18)11-21-6-7-25-12-14(21)8-17(22)23/h2-5,9-10,14H,6-8,11-12H2,1H3,(H,22,23). The molecule has 0 aliphatic carbocycles. The smallest absolute Gasteiger partial charge is 0.305 e. The highest BCUT2D eigenvalue weighted by molar-refractivity contribution is 5.67. The first-order valence-corrected chi connectivity index (χ1v) is 8.15. The number of carboxylic acid groups (broad SMARTS) is 1.